The second kappa shape index (κ2) is 7.54. The molecule has 0 saturated heterocycles. The van der Waals surface area contributed by atoms with E-state index < -0.39 is 0 Å². The first-order chi connectivity index (χ1) is 13.1. The molecule has 4 N–H and O–H groups in total. The summed E-state index contributed by atoms with van der Waals surface area (Å²) in [5, 5.41) is 11.8. The smallest absolute Gasteiger partial charge is 0.153 e. The summed E-state index contributed by atoms with van der Waals surface area (Å²) in [5.41, 5.74) is 10.8. The number of nitrogens with one attached hydrogen (secondary N) is 2. The Morgan fingerprint density at radius 1 is 1.26 bits per heavy atom. The summed E-state index contributed by atoms with van der Waals surface area (Å²) in [6.45, 7) is 4.54. The van der Waals surface area contributed by atoms with Gasteiger partial charge >= 0.3 is 0 Å². The van der Waals surface area contributed by atoms with Gasteiger partial charge in [-0.15, -0.1) is 0 Å². The Kier molecular flexibility index (Phi) is 4.96. The zero-order valence-electron chi connectivity index (χ0n) is 16.0. The van der Waals surface area contributed by atoms with Crippen molar-refractivity contribution >= 4 is 22.5 Å². The van der Waals surface area contributed by atoms with Crippen LogP contribution in [-0.4, -0.2) is 58.7 Å². The molecule has 0 unspecified atom stereocenters. The molecule has 0 fully saturated rings. The van der Waals surface area contributed by atoms with Crippen molar-refractivity contribution in [2.45, 2.75) is 19.5 Å². The fourth-order valence-electron chi connectivity index (χ4n) is 3.68. The second-order valence-corrected chi connectivity index (χ2v) is 7.42. The quantitative estimate of drug-likeness (QED) is 0.620. The van der Waals surface area contributed by atoms with Crippen molar-refractivity contribution < 1.29 is 0 Å². The van der Waals surface area contributed by atoms with Crippen molar-refractivity contribution in [1.29, 1.82) is 0 Å². The number of nitrogen functional groups attached to an aromatic ring is 1. The number of anilines is 2. The van der Waals surface area contributed by atoms with Crippen molar-refractivity contribution in [1.82, 2.24) is 25.0 Å². The van der Waals surface area contributed by atoms with Gasteiger partial charge in [0.15, 0.2) is 11.6 Å². The van der Waals surface area contributed by atoms with Crippen LogP contribution < -0.4 is 11.1 Å². The molecule has 3 aromatic rings. The van der Waals surface area contributed by atoms with Crippen molar-refractivity contribution in [3.63, 3.8) is 0 Å². The van der Waals surface area contributed by atoms with Crippen molar-refractivity contribution in [3.8, 4) is 0 Å². The number of benzene rings is 1. The minimum atomic E-state index is 0.556. The van der Waals surface area contributed by atoms with Crippen LogP contribution in [0, 0.1) is 0 Å². The Balaban J connectivity index is 1.61. The van der Waals surface area contributed by atoms with E-state index in [2.05, 4.69) is 69.7 Å². The predicted octanol–water partition coefficient (Wildman–Crippen LogP) is 2.07. The molecule has 27 heavy (non-hydrogen) atoms. The van der Waals surface area contributed by atoms with Crippen LogP contribution in [0.25, 0.3) is 10.9 Å². The van der Waals surface area contributed by atoms with E-state index in [9.17, 15) is 0 Å². The Labute approximate surface area is 159 Å². The predicted molar refractivity (Wildman–Crippen MR) is 110 cm³/mol. The molecule has 1 aliphatic rings. The van der Waals surface area contributed by atoms with Gasteiger partial charge in [0.1, 0.15) is 5.52 Å². The molecule has 7 nitrogen and oxygen atoms in total. The molecule has 0 radical (unpaired) electrons. The summed E-state index contributed by atoms with van der Waals surface area (Å²) < 4.78 is 0. The highest BCUT2D eigenvalue weighted by molar-refractivity contribution is 5.98. The molecule has 1 aromatic carbocycles. The molecule has 0 aliphatic carbocycles. The minimum Gasteiger partial charge on any atom is -0.382 e. The lowest BCUT2D eigenvalue weighted by Gasteiger charge is -2.29. The van der Waals surface area contributed by atoms with Gasteiger partial charge in [0.2, 0.25) is 0 Å². The summed E-state index contributed by atoms with van der Waals surface area (Å²) in [5.74, 6) is 1.41. The number of nitrogens with zero attached hydrogens (tertiary/aromatic N) is 4. The van der Waals surface area contributed by atoms with Crippen LogP contribution in [0.4, 0.5) is 11.6 Å². The van der Waals surface area contributed by atoms with Gasteiger partial charge in [-0.25, -0.2) is 4.98 Å². The standard InChI is InChI=1S/C20H27N7/c1-26(2)11-9-22-20-18-17(19(21)25-24-18)15-13-27(10-8-16(15)23-20)12-14-6-4-3-5-7-14/h3-7H,8-13H2,1-2H3,(H,22,23)(H3,21,24,25). The molecule has 142 valence electrons. The molecule has 7 heteroatoms. The Hall–Kier alpha value is -2.64. The molecule has 3 heterocycles. The van der Waals surface area contributed by atoms with Gasteiger partial charge in [0.25, 0.3) is 0 Å². The Morgan fingerprint density at radius 3 is 2.85 bits per heavy atom. The zero-order chi connectivity index (χ0) is 18.8. The van der Waals surface area contributed by atoms with Crippen LogP contribution in [0.1, 0.15) is 16.8 Å². The fraction of sp³-hybridized carbons (Fsp3) is 0.400. The van der Waals surface area contributed by atoms with Gasteiger partial charge in [-0.05, 0) is 19.7 Å². The van der Waals surface area contributed by atoms with Gasteiger partial charge in [-0.1, -0.05) is 30.3 Å². The first-order valence-corrected chi connectivity index (χ1v) is 9.42. The van der Waals surface area contributed by atoms with Gasteiger partial charge in [0, 0.05) is 50.4 Å². The monoisotopic (exact) mass is 365 g/mol. The van der Waals surface area contributed by atoms with Gasteiger partial charge < -0.3 is 16.0 Å². The number of rotatable bonds is 6. The van der Waals surface area contributed by atoms with E-state index in [-0.39, 0.29) is 0 Å². The van der Waals surface area contributed by atoms with Crippen molar-refractivity contribution in [3.05, 3.63) is 47.2 Å². The highest BCUT2D eigenvalue weighted by atomic mass is 15.2. The number of H-pyrrole nitrogens is 1. The number of aromatic nitrogens is 3. The molecular formula is C20H27N7. The van der Waals surface area contributed by atoms with Crippen LogP contribution in [0.2, 0.25) is 0 Å². The summed E-state index contributed by atoms with van der Waals surface area (Å²) >= 11 is 0. The average Bonchev–Trinajstić information content (AvgIpc) is 3.05. The lowest BCUT2D eigenvalue weighted by atomic mass is 10.0. The molecule has 4 rings (SSSR count). The molecule has 0 amide bonds. The van der Waals surface area contributed by atoms with E-state index in [0.29, 0.717) is 5.82 Å². The first kappa shape index (κ1) is 17.8. The first-order valence-electron chi connectivity index (χ1n) is 9.42. The number of nitrogens with two attached hydrogens (primary N) is 1. The SMILES string of the molecule is CN(C)CCNc1nc2c(c3c(N)n[nH]c13)CN(Cc1ccccc1)CC2. The zero-order valence-corrected chi connectivity index (χ0v) is 16.0. The number of hydrogen-bond acceptors (Lipinski definition) is 6. The third-order valence-corrected chi connectivity index (χ3v) is 5.08. The molecule has 2 aromatic heterocycles. The van der Waals surface area contributed by atoms with E-state index in [1.54, 1.807) is 0 Å². The van der Waals surface area contributed by atoms with E-state index in [1.165, 1.54) is 11.1 Å². The highest BCUT2D eigenvalue weighted by Crippen LogP contribution is 2.33. The van der Waals surface area contributed by atoms with Crippen LogP contribution in [0.3, 0.4) is 0 Å². The number of pyridine rings is 1. The highest BCUT2D eigenvalue weighted by Gasteiger charge is 2.24. The Bertz CT molecular complexity index is 917. The largest absolute Gasteiger partial charge is 0.382 e. The van der Waals surface area contributed by atoms with Crippen molar-refractivity contribution in [2.75, 3.05) is 44.8 Å². The van der Waals surface area contributed by atoms with Crippen LogP contribution in [0.15, 0.2) is 30.3 Å². The molecular weight excluding hydrogens is 338 g/mol. The molecule has 0 saturated carbocycles. The third kappa shape index (κ3) is 3.74. The summed E-state index contributed by atoms with van der Waals surface area (Å²) in [7, 11) is 4.13. The maximum atomic E-state index is 6.22. The fourth-order valence-corrected chi connectivity index (χ4v) is 3.68. The van der Waals surface area contributed by atoms with Crippen LogP contribution in [-0.2, 0) is 19.5 Å². The van der Waals surface area contributed by atoms with Crippen LogP contribution >= 0.6 is 0 Å². The van der Waals surface area contributed by atoms with Crippen molar-refractivity contribution in [2.24, 2.45) is 0 Å². The second-order valence-electron chi connectivity index (χ2n) is 7.42. The van der Waals surface area contributed by atoms with E-state index in [1.807, 2.05) is 0 Å². The molecule has 0 bridgehead atoms. The van der Waals surface area contributed by atoms with Crippen LogP contribution in [0.5, 0.6) is 0 Å². The minimum absolute atomic E-state index is 0.556. The molecule has 1 aliphatic heterocycles. The molecule has 0 spiro atoms. The van der Waals surface area contributed by atoms with Gasteiger partial charge in [0.05, 0.1) is 5.39 Å². The Morgan fingerprint density at radius 2 is 2.07 bits per heavy atom. The third-order valence-electron chi connectivity index (χ3n) is 5.08. The number of aromatic amines is 1. The van der Waals surface area contributed by atoms with Gasteiger partial charge in [-0.3, -0.25) is 10.00 Å². The average molecular weight is 365 g/mol. The number of hydrogen-bond donors (Lipinski definition) is 3. The topological polar surface area (TPSA) is 86.1 Å². The normalized spacial score (nSPS) is 14.6. The number of likely N-dealkylation sites (N-methyl/N-ethyl adjacent to an activating group) is 1. The summed E-state index contributed by atoms with van der Waals surface area (Å²) in [6, 6.07) is 10.6. The van der Waals surface area contributed by atoms with E-state index in [0.717, 1.165) is 61.6 Å². The van der Waals surface area contributed by atoms with E-state index in [4.69, 9.17) is 10.7 Å². The van der Waals surface area contributed by atoms with E-state index >= 15 is 0 Å². The van der Waals surface area contributed by atoms with Gasteiger partial charge in [-0.2, -0.15) is 5.10 Å². The number of fused-ring (bicyclic) bond motifs is 3. The summed E-state index contributed by atoms with van der Waals surface area (Å²) in [6.07, 6.45) is 0.922. The maximum Gasteiger partial charge on any atom is 0.153 e. The lowest BCUT2D eigenvalue weighted by molar-refractivity contribution is 0.245. The lowest BCUT2D eigenvalue weighted by Crippen LogP contribution is -2.31. The maximum absolute atomic E-state index is 6.22. The molecule has 0 atom stereocenters. The summed E-state index contributed by atoms with van der Waals surface area (Å²) in [4.78, 5) is 9.50.